The molecule has 0 spiro atoms. The minimum absolute atomic E-state index is 0.354. The van der Waals surface area contributed by atoms with Gasteiger partial charge in [-0.3, -0.25) is 0 Å². The summed E-state index contributed by atoms with van der Waals surface area (Å²) >= 11 is 0. The number of ether oxygens (including phenoxy) is 3. The number of benzene rings is 1. The SMILES string of the molecule is COc1cc(CNC[C@@H](O)[C@H](CC2CCCCC2)NC(=O)OC(C)(C)C)cc(OC)c1. The second-order valence-electron chi connectivity index (χ2n) is 9.41. The number of aliphatic hydroxyl groups is 1. The molecule has 0 saturated heterocycles. The molecule has 2 rings (SSSR count). The molecule has 1 aliphatic carbocycles. The van der Waals surface area contributed by atoms with E-state index in [4.69, 9.17) is 14.2 Å². The van der Waals surface area contributed by atoms with E-state index in [9.17, 15) is 9.90 Å². The molecule has 31 heavy (non-hydrogen) atoms. The predicted molar refractivity (Wildman–Crippen MR) is 122 cm³/mol. The van der Waals surface area contributed by atoms with E-state index in [1.807, 2.05) is 39.0 Å². The molecule has 3 N–H and O–H groups in total. The van der Waals surface area contributed by atoms with Gasteiger partial charge >= 0.3 is 6.09 Å². The first-order valence-corrected chi connectivity index (χ1v) is 11.3. The summed E-state index contributed by atoms with van der Waals surface area (Å²) in [5.41, 5.74) is 0.418. The summed E-state index contributed by atoms with van der Waals surface area (Å²) in [4.78, 5) is 12.4. The normalized spacial score (nSPS) is 17.0. The zero-order valence-corrected chi connectivity index (χ0v) is 19.7. The molecule has 1 aromatic rings. The lowest BCUT2D eigenvalue weighted by atomic mass is 9.83. The van der Waals surface area contributed by atoms with Gasteiger partial charge in [-0.25, -0.2) is 4.79 Å². The van der Waals surface area contributed by atoms with Gasteiger partial charge in [-0.1, -0.05) is 32.1 Å². The van der Waals surface area contributed by atoms with E-state index in [2.05, 4.69) is 10.6 Å². The van der Waals surface area contributed by atoms with E-state index >= 15 is 0 Å². The molecular formula is C24H40N2O5. The van der Waals surface area contributed by atoms with Crippen molar-refractivity contribution >= 4 is 6.09 Å². The lowest BCUT2D eigenvalue weighted by Crippen LogP contribution is -2.49. The summed E-state index contributed by atoms with van der Waals surface area (Å²) in [5.74, 6) is 1.96. The van der Waals surface area contributed by atoms with Gasteiger partial charge in [0.2, 0.25) is 0 Å². The molecule has 0 heterocycles. The molecule has 2 atom stereocenters. The van der Waals surface area contributed by atoms with Crippen LogP contribution < -0.4 is 20.1 Å². The van der Waals surface area contributed by atoms with Gasteiger partial charge in [0.25, 0.3) is 0 Å². The van der Waals surface area contributed by atoms with Gasteiger partial charge < -0.3 is 30.0 Å². The maximum absolute atomic E-state index is 12.4. The highest BCUT2D eigenvalue weighted by molar-refractivity contribution is 5.68. The van der Waals surface area contributed by atoms with E-state index in [-0.39, 0.29) is 6.04 Å². The predicted octanol–water partition coefficient (Wildman–Crippen LogP) is 4.02. The van der Waals surface area contributed by atoms with Crippen molar-refractivity contribution in [2.24, 2.45) is 5.92 Å². The third-order valence-corrected chi connectivity index (χ3v) is 5.57. The molecule has 0 aromatic heterocycles. The van der Waals surface area contributed by atoms with Crippen molar-refractivity contribution in [1.29, 1.82) is 0 Å². The van der Waals surface area contributed by atoms with Gasteiger partial charge in [0.05, 0.1) is 26.4 Å². The minimum atomic E-state index is -0.720. The molecule has 7 nitrogen and oxygen atoms in total. The Kier molecular flexibility index (Phi) is 9.91. The van der Waals surface area contributed by atoms with Crippen molar-refractivity contribution in [3.8, 4) is 11.5 Å². The van der Waals surface area contributed by atoms with E-state index in [1.165, 1.54) is 19.3 Å². The van der Waals surface area contributed by atoms with Crippen LogP contribution in [0.1, 0.15) is 64.9 Å². The second-order valence-corrected chi connectivity index (χ2v) is 9.41. The number of methoxy groups -OCH3 is 2. The zero-order valence-electron chi connectivity index (χ0n) is 19.7. The first kappa shape index (κ1) is 25.3. The fourth-order valence-electron chi connectivity index (χ4n) is 4.03. The Labute approximate surface area is 186 Å². The van der Waals surface area contributed by atoms with Crippen molar-refractivity contribution < 1.29 is 24.1 Å². The van der Waals surface area contributed by atoms with Gasteiger partial charge in [-0.2, -0.15) is 0 Å². The van der Waals surface area contributed by atoms with Gasteiger partial charge in [-0.05, 0) is 50.8 Å². The fraction of sp³-hybridized carbons (Fsp3) is 0.708. The van der Waals surface area contributed by atoms with Gasteiger partial charge in [0, 0.05) is 19.2 Å². The zero-order chi connectivity index (χ0) is 22.9. The Balaban J connectivity index is 1.95. The van der Waals surface area contributed by atoms with E-state index in [1.54, 1.807) is 14.2 Å². The minimum Gasteiger partial charge on any atom is -0.497 e. The van der Waals surface area contributed by atoms with Crippen molar-refractivity contribution in [2.75, 3.05) is 20.8 Å². The smallest absolute Gasteiger partial charge is 0.407 e. The Morgan fingerprint density at radius 1 is 1.10 bits per heavy atom. The average molecular weight is 437 g/mol. The molecule has 1 aliphatic rings. The quantitative estimate of drug-likeness (QED) is 0.513. The van der Waals surface area contributed by atoms with Crippen molar-refractivity contribution in [3.05, 3.63) is 23.8 Å². The molecule has 7 heteroatoms. The fourth-order valence-corrected chi connectivity index (χ4v) is 4.03. The van der Waals surface area contributed by atoms with Crippen LogP contribution in [-0.4, -0.2) is 49.7 Å². The molecule has 0 radical (unpaired) electrons. The van der Waals surface area contributed by atoms with Crippen LogP contribution in [0.3, 0.4) is 0 Å². The molecule has 1 saturated carbocycles. The number of hydrogen-bond donors (Lipinski definition) is 3. The number of nitrogens with one attached hydrogen (secondary N) is 2. The molecule has 0 bridgehead atoms. The number of alkyl carbamates (subject to hydrolysis) is 1. The number of carbonyl (C=O) groups excluding carboxylic acids is 1. The molecule has 0 aliphatic heterocycles. The standard InChI is InChI=1S/C24H40N2O5/c1-24(2,3)31-23(28)26-21(13-17-9-7-6-8-10-17)22(27)16-25-15-18-11-19(29-4)14-20(12-18)30-5/h11-12,14,17,21-22,25,27H,6-10,13,15-16H2,1-5H3,(H,26,28)/t21-,22+/m0/s1. The number of amides is 1. The monoisotopic (exact) mass is 436 g/mol. The molecule has 0 unspecified atom stereocenters. The van der Waals surface area contributed by atoms with Crippen LogP contribution >= 0.6 is 0 Å². The van der Waals surface area contributed by atoms with E-state index < -0.39 is 17.8 Å². The molecule has 1 fully saturated rings. The first-order valence-electron chi connectivity index (χ1n) is 11.3. The van der Waals surface area contributed by atoms with Crippen molar-refractivity contribution in [3.63, 3.8) is 0 Å². The Bertz CT molecular complexity index is 661. The third-order valence-electron chi connectivity index (χ3n) is 5.57. The van der Waals surface area contributed by atoms with Crippen LogP contribution in [0.25, 0.3) is 0 Å². The summed E-state index contributed by atoms with van der Waals surface area (Å²) in [6.45, 7) is 6.41. The summed E-state index contributed by atoms with van der Waals surface area (Å²) in [6, 6.07) is 5.33. The third kappa shape index (κ3) is 9.35. The first-order chi connectivity index (χ1) is 14.7. The van der Waals surface area contributed by atoms with Crippen LogP contribution in [0, 0.1) is 5.92 Å². The van der Waals surface area contributed by atoms with Crippen LogP contribution in [0.5, 0.6) is 11.5 Å². The highest BCUT2D eigenvalue weighted by atomic mass is 16.6. The van der Waals surface area contributed by atoms with Crippen molar-refractivity contribution in [1.82, 2.24) is 10.6 Å². The van der Waals surface area contributed by atoms with Crippen LogP contribution in [-0.2, 0) is 11.3 Å². The second kappa shape index (κ2) is 12.2. The van der Waals surface area contributed by atoms with Crippen molar-refractivity contribution in [2.45, 2.75) is 83.6 Å². The van der Waals surface area contributed by atoms with E-state index in [0.717, 1.165) is 36.3 Å². The van der Waals surface area contributed by atoms with Gasteiger partial charge in [-0.15, -0.1) is 0 Å². The highest BCUT2D eigenvalue weighted by Gasteiger charge is 2.28. The number of aliphatic hydroxyl groups excluding tert-OH is 1. The molecule has 1 amide bonds. The maximum atomic E-state index is 12.4. The topological polar surface area (TPSA) is 89.1 Å². The number of hydrogen-bond acceptors (Lipinski definition) is 6. The lowest BCUT2D eigenvalue weighted by molar-refractivity contribution is 0.0391. The Morgan fingerprint density at radius 3 is 2.26 bits per heavy atom. The maximum Gasteiger partial charge on any atom is 0.407 e. The van der Waals surface area contributed by atoms with Gasteiger partial charge in [0.15, 0.2) is 0 Å². The molecule has 176 valence electrons. The average Bonchev–Trinajstić information content (AvgIpc) is 2.72. The van der Waals surface area contributed by atoms with Crippen LogP contribution in [0.15, 0.2) is 18.2 Å². The van der Waals surface area contributed by atoms with Crippen LogP contribution in [0.2, 0.25) is 0 Å². The molecule has 1 aromatic carbocycles. The summed E-state index contributed by atoms with van der Waals surface area (Å²) < 4.78 is 16.0. The number of rotatable bonds is 10. The highest BCUT2D eigenvalue weighted by Crippen LogP contribution is 2.28. The summed E-state index contributed by atoms with van der Waals surface area (Å²) in [5, 5.41) is 17.1. The summed E-state index contributed by atoms with van der Waals surface area (Å²) in [7, 11) is 3.24. The Morgan fingerprint density at radius 2 is 1.71 bits per heavy atom. The number of carbonyl (C=O) groups is 1. The lowest BCUT2D eigenvalue weighted by Gasteiger charge is -2.31. The largest absolute Gasteiger partial charge is 0.497 e. The van der Waals surface area contributed by atoms with E-state index in [0.29, 0.717) is 19.0 Å². The molecular weight excluding hydrogens is 396 g/mol. The van der Waals surface area contributed by atoms with Crippen LogP contribution in [0.4, 0.5) is 4.79 Å². The van der Waals surface area contributed by atoms with Gasteiger partial charge in [0.1, 0.15) is 17.1 Å². The summed E-state index contributed by atoms with van der Waals surface area (Å²) in [6.07, 6.45) is 5.56. The Hall–Kier alpha value is -1.99.